The zero-order valence-corrected chi connectivity index (χ0v) is 17.1. The van der Waals surface area contributed by atoms with E-state index in [0.717, 1.165) is 22.6 Å². The van der Waals surface area contributed by atoms with E-state index in [-0.39, 0.29) is 17.2 Å². The monoisotopic (exact) mass is 371 g/mol. The van der Waals surface area contributed by atoms with Crippen LogP contribution in [0.25, 0.3) is 0 Å². The molecule has 0 bridgehead atoms. The quantitative estimate of drug-likeness (QED) is 0.633. The van der Waals surface area contributed by atoms with Gasteiger partial charge in [0.05, 0.1) is 18.4 Å². The molecule has 0 aliphatic heterocycles. The highest BCUT2D eigenvalue weighted by atomic mass is 32.2. The molecule has 3 nitrogen and oxygen atoms in total. The van der Waals surface area contributed by atoms with E-state index in [1.807, 2.05) is 31.2 Å². The number of hydrogen-bond acceptors (Lipinski definition) is 3. The molecule has 2 aromatic carbocycles. The Balaban J connectivity index is 2.05. The van der Waals surface area contributed by atoms with E-state index < -0.39 is 0 Å². The number of amides is 1. The molecule has 0 radical (unpaired) electrons. The minimum atomic E-state index is -0.148. The Morgan fingerprint density at radius 1 is 1.04 bits per heavy atom. The first kappa shape index (κ1) is 20.4. The van der Waals surface area contributed by atoms with Crippen LogP contribution in [-0.2, 0) is 4.79 Å². The van der Waals surface area contributed by atoms with E-state index in [1.54, 1.807) is 18.9 Å². The first-order valence-corrected chi connectivity index (χ1v) is 9.94. The van der Waals surface area contributed by atoms with Crippen molar-refractivity contribution in [3.8, 4) is 5.75 Å². The number of hydrogen-bond donors (Lipinski definition) is 1. The highest BCUT2D eigenvalue weighted by Gasteiger charge is 2.21. The average Bonchev–Trinajstić information content (AvgIpc) is 2.62. The van der Waals surface area contributed by atoms with Crippen molar-refractivity contribution >= 4 is 17.7 Å². The molecule has 0 heterocycles. The smallest absolute Gasteiger partial charge is 0.233 e. The van der Waals surface area contributed by atoms with Gasteiger partial charge in [0.15, 0.2) is 0 Å². The molecule has 2 atom stereocenters. The molecule has 4 heteroatoms. The number of carbonyl (C=O) groups excluding carboxylic acids is 1. The number of carbonyl (C=O) groups is 1. The van der Waals surface area contributed by atoms with Crippen LogP contribution in [-0.4, -0.2) is 18.3 Å². The summed E-state index contributed by atoms with van der Waals surface area (Å²) in [6.07, 6.45) is 0.903. The van der Waals surface area contributed by atoms with Crippen molar-refractivity contribution in [1.29, 1.82) is 0 Å². The second kappa shape index (κ2) is 9.67. The predicted molar refractivity (Wildman–Crippen MR) is 110 cm³/mol. The van der Waals surface area contributed by atoms with Crippen molar-refractivity contribution in [2.45, 2.75) is 50.3 Å². The Bertz CT molecular complexity index is 695. The van der Waals surface area contributed by atoms with E-state index in [4.69, 9.17) is 4.74 Å². The van der Waals surface area contributed by atoms with Gasteiger partial charge in [-0.3, -0.25) is 4.79 Å². The molecule has 0 saturated heterocycles. The molecule has 0 aliphatic carbocycles. The fraction of sp³-hybridized carbons (Fsp3) is 0.409. The second-order valence-electron chi connectivity index (χ2n) is 7.04. The first-order chi connectivity index (χ1) is 12.4. The molecule has 0 aromatic heterocycles. The summed E-state index contributed by atoms with van der Waals surface area (Å²) in [4.78, 5) is 13.9. The molecule has 140 valence electrons. The molecular weight excluding hydrogens is 342 g/mol. The number of ether oxygens (including phenoxy) is 1. The third-order valence-corrected chi connectivity index (χ3v) is 5.36. The van der Waals surface area contributed by atoms with Gasteiger partial charge in [0.25, 0.3) is 0 Å². The maximum Gasteiger partial charge on any atom is 0.233 e. The Morgan fingerprint density at radius 3 is 2.19 bits per heavy atom. The maximum atomic E-state index is 12.7. The van der Waals surface area contributed by atoms with Crippen LogP contribution in [0.5, 0.6) is 5.75 Å². The lowest BCUT2D eigenvalue weighted by Gasteiger charge is -2.23. The van der Waals surface area contributed by atoms with Gasteiger partial charge in [0.2, 0.25) is 5.91 Å². The number of aryl methyl sites for hydroxylation is 1. The first-order valence-electron chi connectivity index (χ1n) is 9.06. The Kier molecular flexibility index (Phi) is 7.58. The third kappa shape index (κ3) is 6.10. The van der Waals surface area contributed by atoms with Crippen LogP contribution in [0, 0.1) is 12.8 Å². The molecule has 0 aliphatic rings. The summed E-state index contributed by atoms with van der Waals surface area (Å²) in [5.74, 6) is 1.38. The van der Waals surface area contributed by atoms with Gasteiger partial charge in [0, 0.05) is 4.90 Å². The molecule has 2 unspecified atom stereocenters. The lowest BCUT2D eigenvalue weighted by Crippen LogP contribution is -2.35. The number of nitrogens with one attached hydrogen (secondary N) is 1. The van der Waals surface area contributed by atoms with Crippen LogP contribution in [0.1, 0.15) is 44.4 Å². The van der Waals surface area contributed by atoms with Gasteiger partial charge in [-0.15, -0.1) is 11.8 Å². The van der Waals surface area contributed by atoms with E-state index in [9.17, 15) is 4.79 Å². The topological polar surface area (TPSA) is 38.3 Å². The van der Waals surface area contributed by atoms with Crippen LogP contribution >= 0.6 is 11.8 Å². The van der Waals surface area contributed by atoms with Crippen molar-refractivity contribution in [3.05, 3.63) is 59.7 Å². The Labute approximate surface area is 161 Å². The minimum Gasteiger partial charge on any atom is -0.497 e. The van der Waals surface area contributed by atoms with E-state index in [0.29, 0.717) is 5.92 Å². The summed E-state index contributed by atoms with van der Waals surface area (Å²) in [6, 6.07) is 16.2. The van der Waals surface area contributed by atoms with Crippen LogP contribution < -0.4 is 10.1 Å². The normalized spacial score (nSPS) is 13.3. The standard InChI is InChI=1S/C22H29NO2S/c1-15(2)14-21(18-8-10-19(25-5)11-9-18)23-22(24)17(4)26-20-12-6-16(3)7-13-20/h6-13,15,17,21H,14H2,1-5H3,(H,23,24). The molecular formula is C22H29NO2S. The largest absolute Gasteiger partial charge is 0.497 e. The summed E-state index contributed by atoms with van der Waals surface area (Å²) in [5, 5.41) is 3.09. The van der Waals surface area contributed by atoms with Crippen LogP contribution in [0.3, 0.4) is 0 Å². The van der Waals surface area contributed by atoms with Gasteiger partial charge in [-0.2, -0.15) is 0 Å². The summed E-state index contributed by atoms with van der Waals surface area (Å²) in [7, 11) is 1.66. The fourth-order valence-corrected chi connectivity index (χ4v) is 3.63. The van der Waals surface area contributed by atoms with Gasteiger partial charge < -0.3 is 10.1 Å². The van der Waals surface area contributed by atoms with E-state index >= 15 is 0 Å². The lowest BCUT2D eigenvalue weighted by atomic mass is 9.96. The minimum absolute atomic E-state index is 0.00877. The fourth-order valence-electron chi connectivity index (χ4n) is 2.75. The van der Waals surface area contributed by atoms with Crippen LogP contribution in [0.2, 0.25) is 0 Å². The summed E-state index contributed by atoms with van der Waals surface area (Å²) in [5.41, 5.74) is 2.34. The zero-order chi connectivity index (χ0) is 19.1. The third-order valence-electron chi connectivity index (χ3n) is 4.24. The lowest BCUT2D eigenvalue weighted by molar-refractivity contribution is -0.121. The molecule has 0 saturated carbocycles. The molecule has 2 rings (SSSR count). The Morgan fingerprint density at radius 2 is 1.65 bits per heavy atom. The van der Waals surface area contributed by atoms with E-state index in [2.05, 4.69) is 50.4 Å². The van der Waals surface area contributed by atoms with Gasteiger partial charge in [-0.25, -0.2) is 0 Å². The molecule has 2 aromatic rings. The number of thioether (sulfide) groups is 1. The highest BCUT2D eigenvalue weighted by molar-refractivity contribution is 8.00. The summed E-state index contributed by atoms with van der Waals surface area (Å²) < 4.78 is 5.23. The number of rotatable bonds is 8. The van der Waals surface area contributed by atoms with Gasteiger partial charge in [-0.05, 0) is 56.0 Å². The van der Waals surface area contributed by atoms with Crippen molar-refractivity contribution in [2.24, 2.45) is 5.92 Å². The maximum absolute atomic E-state index is 12.7. The Hall–Kier alpha value is -1.94. The van der Waals surface area contributed by atoms with Gasteiger partial charge in [-0.1, -0.05) is 43.7 Å². The van der Waals surface area contributed by atoms with Gasteiger partial charge in [0.1, 0.15) is 5.75 Å². The van der Waals surface area contributed by atoms with E-state index in [1.165, 1.54) is 5.56 Å². The number of methoxy groups -OCH3 is 1. The zero-order valence-electron chi connectivity index (χ0n) is 16.3. The van der Waals surface area contributed by atoms with Gasteiger partial charge >= 0.3 is 0 Å². The molecule has 0 fully saturated rings. The molecule has 0 spiro atoms. The number of benzene rings is 2. The molecule has 26 heavy (non-hydrogen) atoms. The predicted octanol–water partition coefficient (Wildman–Crippen LogP) is 5.39. The average molecular weight is 372 g/mol. The molecule has 1 amide bonds. The second-order valence-corrected chi connectivity index (χ2v) is 8.45. The van der Waals surface area contributed by atoms with Crippen LogP contribution in [0.4, 0.5) is 0 Å². The van der Waals surface area contributed by atoms with Crippen LogP contribution in [0.15, 0.2) is 53.4 Å². The highest BCUT2D eigenvalue weighted by Crippen LogP contribution is 2.27. The van der Waals surface area contributed by atoms with Crippen molar-refractivity contribution in [3.63, 3.8) is 0 Å². The van der Waals surface area contributed by atoms with Crippen molar-refractivity contribution in [1.82, 2.24) is 5.32 Å². The van der Waals surface area contributed by atoms with Crippen molar-refractivity contribution in [2.75, 3.05) is 7.11 Å². The summed E-state index contributed by atoms with van der Waals surface area (Å²) >= 11 is 1.59. The summed E-state index contributed by atoms with van der Waals surface area (Å²) in [6.45, 7) is 8.37. The SMILES string of the molecule is COc1ccc(C(CC(C)C)NC(=O)C(C)Sc2ccc(C)cc2)cc1. The molecule has 1 N–H and O–H groups in total. The van der Waals surface area contributed by atoms with Crippen molar-refractivity contribution < 1.29 is 9.53 Å².